The van der Waals surface area contributed by atoms with E-state index < -0.39 is 0 Å². The van der Waals surface area contributed by atoms with Crippen LogP contribution in [0, 0.1) is 41.5 Å². The fraction of sp³-hybridized carbons (Fsp3) is 0.140. The van der Waals surface area contributed by atoms with E-state index in [-0.39, 0.29) is 0 Å². The molecule has 0 atom stereocenters. The molecule has 0 unspecified atom stereocenters. The molecule has 0 bridgehead atoms. The van der Waals surface area contributed by atoms with Crippen molar-refractivity contribution in [2.24, 2.45) is 28.2 Å². The Balaban J connectivity index is 0.000000111. The molecule has 0 aliphatic heterocycles. The predicted molar refractivity (Wildman–Crippen MR) is 400 cm³/mol. The van der Waals surface area contributed by atoms with E-state index in [1.54, 1.807) is 25.6 Å². The Bertz CT molecular complexity index is 5960. The standard InChI is InChI=1S/C22H21N2O2.C22H17N2S.C22H21N2.C20H17N2/c1-14-19(12-18(25-3)13-22(14)26-4)21-11-17-9-15-7-5-6-8-16(15)10-20(17)23-24(21)2;1-14-7-8-20-18(9-10-25-20)21(14)22-23-19-12-16-6-4-3-5-15(16)11-17(19)13-24(22)2;1-14-9-15(2)16(3)20(10-14)22-13-19-11-17-7-5-6-8-18(17)12-21(19)23-24(22)4;1-14-7-3-6-10-18(14)20-13-17-11-15-8-4-5-9-16(15)12-19(17)21-22(20)2/h5-13H,1-4H3;3-13H,1-2H3;5-13H,1-4H3;3-13H,1-2H3/q4*+1. The molecule has 10 nitrogen and oxygen atoms in total. The number of thiophene rings is 1. The number of nitrogens with zero attached hydrogens (tertiary/aromatic N) is 8. The van der Waals surface area contributed by atoms with Crippen molar-refractivity contribution >= 4 is 108 Å². The Labute approximate surface area is 569 Å². The van der Waals surface area contributed by atoms with Gasteiger partial charge in [0.1, 0.15) is 34.2 Å². The van der Waals surface area contributed by atoms with Crippen LogP contribution in [0.1, 0.15) is 33.4 Å². The molecule has 0 spiro atoms. The first-order valence-corrected chi connectivity index (χ1v) is 33.6. The zero-order chi connectivity index (χ0) is 67.2. The van der Waals surface area contributed by atoms with E-state index in [2.05, 4.69) is 283 Å². The highest BCUT2D eigenvalue weighted by atomic mass is 32.1. The molecule has 0 saturated carbocycles. The first-order valence-electron chi connectivity index (χ1n) is 32.7. The van der Waals surface area contributed by atoms with Gasteiger partial charge in [0, 0.05) is 71.4 Å². The van der Waals surface area contributed by atoms with Crippen molar-refractivity contribution < 1.29 is 28.1 Å². The van der Waals surface area contributed by atoms with E-state index in [1.807, 2.05) is 47.3 Å². The summed E-state index contributed by atoms with van der Waals surface area (Å²) < 4.78 is 20.3. The highest BCUT2D eigenvalue weighted by Crippen LogP contribution is 2.37. The normalized spacial score (nSPS) is 11.3. The molecule has 0 amide bonds. The van der Waals surface area contributed by atoms with Crippen LogP contribution in [0.5, 0.6) is 11.5 Å². The third-order valence-electron chi connectivity index (χ3n) is 18.8. The lowest BCUT2D eigenvalue weighted by molar-refractivity contribution is -0.718. The molecule has 97 heavy (non-hydrogen) atoms. The topological polar surface area (TPSA) is 85.5 Å². The van der Waals surface area contributed by atoms with Gasteiger partial charge in [-0.2, -0.15) is 0 Å². The monoisotopic (exact) mass is 1280 g/mol. The van der Waals surface area contributed by atoms with Crippen molar-refractivity contribution in [1.82, 2.24) is 20.3 Å². The lowest BCUT2D eigenvalue weighted by Crippen LogP contribution is -2.35. The van der Waals surface area contributed by atoms with Crippen molar-refractivity contribution in [3.63, 3.8) is 0 Å². The Hall–Kier alpha value is -11.4. The van der Waals surface area contributed by atoms with E-state index in [4.69, 9.17) is 29.8 Å². The summed E-state index contributed by atoms with van der Waals surface area (Å²) in [5, 5.41) is 32.3. The highest BCUT2D eigenvalue weighted by Gasteiger charge is 2.24. The quantitative estimate of drug-likeness (QED) is 0.122. The minimum absolute atomic E-state index is 0.765. The third-order valence-corrected chi connectivity index (χ3v) is 19.7. The fourth-order valence-electron chi connectivity index (χ4n) is 13.5. The van der Waals surface area contributed by atoms with Crippen LogP contribution in [0.2, 0.25) is 0 Å². The van der Waals surface area contributed by atoms with Gasteiger partial charge in [0.2, 0.25) is 17.1 Å². The number of hydrogen-bond donors (Lipinski definition) is 0. The van der Waals surface area contributed by atoms with Crippen molar-refractivity contribution in [2.45, 2.75) is 41.5 Å². The number of methoxy groups -OCH3 is 2. The van der Waals surface area contributed by atoms with Crippen molar-refractivity contribution in [3.05, 3.63) is 275 Å². The molecule has 474 valence electrons. The molecule has 0 fully saturated rings. The predicted octanol–water partition coefficient (Wildman–Crippen LogP) is 18.6. The summed E-state index contributed by atoms with van der Waals surface area (Å²) in [5.41, 5.74) is 19.7. The Kier molecular flexibility index (Phi) is 17.2. The number of rotatable bonds is 6. The smallest absolute Gasteiger partial charge is 0.331 e. The largest absolute Gasteiger partial charge is 0.497 e. The molecule has 0 radical (unpaired) electrons. The number of benzene rings is 12. The second kappa shape index (κ2) is 26.4. The van der Waals surface area contributed by atoms with Crippen LogP contribution < -0.4 is 28.1 Å². The molecule has 0 saturated heterocycles. The summed E-state index contributed by atoms with van der Waals surface area (Å²) in [7, 11) is 11.4. The first kappa shape index (κ1) is 63.0. The second-order valence-corrected chi connectivity index (χ2v) is 26.3. The van der Waals surface area contributed by atoms with E-state index in [9.17, 15) is 0 Å². The van der Waals surface area contributed by atoms with Crippen LogP contribution in [0.25, 0.3) is 142 Å². The van der Waals surface area contributed by atoms with Gasteiger partial charge in [-0.05, 0) is 196 Å². The van der Waals surface area contributed by atoms with Gasteiger partial charge in [0.05, 0.1) is 48.9 Å². The lowest BCUT2D eigenvalue weighted by Gasteiger charge is -2.12. The van der Waals surface area contributed by atoms with Crippen molar-refractivity contribution in [2.75, 3.05) is 14.2 Å². The van der Waals surface area contributed by atoms with Gasteiger partial charge in [-0.25, -0.2) is 4.57 Å². The number of ether oxygens (including phenoxy) is 2. The van der Waals surface area contributed by atoms with Gasteiger partial charge in [-0.3, -0.25) is 0 Å². The summed E-state index contributed by atoms with van der Waals surface area (Å²) >= 11 is 1.78. The average Bonchev–Trinajstić information content (AvgIpc) is 1.63. The van der Waals surface area contributed by atoms with Crippen LogP contribution in [0.15, 0.2) is 242 Å². The molecule has 0 aliphatic rings. The molecule has 12 aromatic carbocycles. The van der Waals surface area contributed by atoms with Crippen LogP contribution in [-0.2, 0) is 28.2 Å². The number of hydrogen-bond acceptors (Lipinski definition) is 7. The summed E-state index contributed by atoms with van der Waals surface area (Å²) in [6.07, 6.45) is 2.19. The molecular weight excluding hydrogens is 1210 g/mol. The van der Waals surface area contributed by atoms with Gasteiger partial charge in [0.25, 0.3) is 0 Å². The molecular formula is C86H76N8O2S+4. The summed E-state index contributed by atoms with van der Waals surface area (Å²) in [6.45, 7) is 12.9. The number of aromatic nitrogens is 8. The van der Waals surface area contributed by atoms with Crippen LogP contribution in [-0.4, -0.2) is 34.5 Å². The molecule has 0 N–H and O–H groups in total. The zero-order valence-electron chi connectivity index (χ0n) is 56.9. The van der Waals surface area contributed by atoms with Crippen molar-refractivity contribution in [1.29, 1.82) is 0 Å². The summed E-state index contributed by atoms with van der Waals surface area (Å²) in [5.74, 6) is 2.59. The molecule has 11 heteroatoms. The molecule has 17 aromatic rings. The van der Waals surface area contributed by atoms with E-state index in [0.29, 0.717) is 0 Å². The first-order chi connectivity index (χ1) is 47.0. The van der Waals surface area contributed by atoms with Crippen LogP contribution in [0.4, 0.5) is 0 Å². The highest BCUT2D eigenvalue weighted by molar-refractivity contribution is 7.17. The maximum atomic E-state index is 5.52. The van der Waals surface area contributed by atoms with Crippen LogP contribution >= 0.6 is 11.3 Å². The van der Waals surface area contributed by atoms with E-state index in [0.717, 1.165) is 73.0 Å². The Morgan fingerprint density at radius 2 is 0.794 bits per heavy atom. The third kappa shape index (κ3) is 12.5. The van der Waals surface area contributed by atoms with Gasteiger partial charge in [0.15, 0.2) is 26.7 Å². The SMILES string of the molecule is COc1cc(OC)c(C)c(-c2cc3cc4ccccc4cc3n[n+]2C)c1.Cc1cc(C)c(C)c(-c2cc3cc4ccccc4cc3n[n+]2C)c1.Cc1ccc2sccc2c1-c1nc2cc3ccccc3cc2c[n+]1C.Cc1ccccc1-c1cc2cc3ccccc3cc2n[n+]1C. The minimum atomic E-state index is 0.765. The molecule has 17 rings (SSSR count). The Morgan fingerprint density at radius 3 is 1.28 bits per heavy atom. The molecule has 5 aromatic heterocycles. The summed E-state index contributed by atoms with van der Waals surface area (Å²) in [6, 6.07) is 81.3. The maximum Gasteiger partial charge on any atom is 0.331 e. The Morgan fingerprint density at radius 1 is 0.351 bits per heavy atom. The molecule has 5 heterocycles. The van der Waals surface area contributed by atoms with Gasteiger partial charge >= 0.3 is 5.82 Å². The number of aryl methyl sites for hydroxylation is 8. The zero-order valence-corrected chi connectivity index (χ0v) is 57.7. The fourth-order valence-corrected chi connectivity index (χ4v) is 14.3. The van der Waals surface area contributed by atoms with Gasteiger partial charge < -0.3 is 9.47 Å². The molecule has 0 aliphatic carbocycles. The van der Waals surface area contributed by atoms with Gasteiger partial charge in [-0.1, -0.05) is 147 Å². The van der Waals surface area contributed by atoms with E-state index in [1.165, 1.54) is 114 Å². The minimum Gasteiger partial charge on any atom is -0.497 e. The van der Waals surface area contributed by atoms with E-state index >= 15 is 0 Å². The summed E-state index contributed by atoms with van der Waals surface area (Å²) in [4.78, 5) is 5.05. The van der Waals surface area contributed by atoms with Crippen molar-refractivity contribution in [3.8, 4) is 56.7 Å². The lowest BCUT2D eigenvalue weighted by atomic mass is 9.97. The van der Waals surface area contributed by atoms with Crippen LogP contribution in [0.3, 0.4) is 0 Å². The van der Waals surface area contributed by atoms with Gasteiger partial charge in [-0.15, -0.1) is 11.3 Å². The average molecular weight is 1290 g/mol. The maximum absolute atomic E-state index is 5.52. The number of fused-ring (bicyclic) bond motifs is 9. The second-order valence-electron chi connectivity index (χ2n) is 25.3.